The minimum absolute atomic E-state index is 0.108. The van der Waals surface area contributed by atoms with Crippen LogP contribution in [-0.2, 0) is 4.79 Å². The zero-order valence-corrected chi connectivity index (χ0v) is 12.3. The van der Waals surface area contributed by atoms with Crippen LogP contribution >= 0.6 is 0 Å². The molecule has 0 aliphatic heterocycles. The molecule has 1 amide bonds. The zero-order valence-electron chi connectivity index (χ0n) is 12.3. The molecule has 0 bridgehead atoms. The summed E-state index contributed by atoms with van der Waals surface area (Å²) in [7, 11) is 0. The zero-order chi connectivity index (χ0) is 15.1. The minimum Gasteiger partial charge on any atom is -0.493 e. The summed E-state index contributed by atoms with van der Waals surface area (Å²) in [5.41, 5.74) is 6.33. The van der Waals surface area contributed by atoms with E-state index in [1.54, 1.807) is 12.1 Å². The van der Waals surface area contributed by atoms with Gasteiger partial charge in [-0.2, -0.15) is 0 Å². The van der Waals surface area contributed by atoms with Crippen molar-refractivity contribution in [2.24, 2.45) is 0 Å². The smallest absolute Gasteiger partial charge is 0.226 e. The highest BCUT2D eigenvalue weighted by Gasteiger charge is 2.27. The Morgan fingerprint density at radius 2 is 2.24 bits per heavy atom. The maximum atomic E-state index is 12.3. The van der Waals surface area contributed by atoms with Crippen molar-refractivity contribution in [3.05, 3.63) is 24.3 Å². The molecule has 116 valence electrons. The van der Waals surface area contributed by atoms with Gasteiger partial charge in [0.2, 0.25) is 5.91 Å². The molecule has 1 aliphatic rings. The molecule has 0 unspecified atom stereocenters. The van der Waals surface area contributed by atoms with Crippen LogP contribution in [0.3, 0.4) is 0 Å². The largest absolute Gasteiger partial charge is 0.493 e. The SMILES string of the molecule is Nc1cccc(OCCC(=O)N(CCCO)C2CCC2)c1. The van der Waals surface area contributed by atoms with Gasteiger partial charge in [0, 0.05) is 30.9 Å². The molecule has 0 spiro atoms. The molecular weight excluding hydrogens is 268 g/mol. The number of nitrogens with zero attached hydrogens (tertiary/aromatic N) is 1. The fraction of sp³-hybridized carbons (Fsp3) is 0.562. The second kappa shape index (κ2) is 7.88. The van der Waals surface area contributed by atoms with Gasteiger partial charge in [0.25, 0.3) is 0 Å². The van der Waals surface area contributed by atoms with E-state index in [0.29, 0.717) is 43.5 Å². The Balaban J connectivity index is 1.78. The second-order valence-electron chi connectivity index (χ2n) is 5.42. The van der Waals surface area contributed by atoms with Gasteiger partial charge in [0.05, 0.1) is 13.0 Å². The summed E-state index contributed by atoms with van der Waals surface area (Å²) in [5, 5.41) is 8.95. The predicted octanol–water partition coefficient (Wildman–Crippen LogP) is 1.80. The van der Waals surface area contributed by atoms with Crippen LogP contribution in [0, 0.1) is 0 Å². The molecule has 21 heavy (non-hydrogen) atoms. The summed E-state index contributed by atoms with van der Waals surface area (Å²) in [6, 6.07) is 7.56. The van der Waals surface area contributed by atoms with Crippen molar-refractivity contribution >= 4 is 11.6 Å². The highest BCUT2D eigenvalue weighted by Crippen LogP contribution is 2.25. The van der Waals surface area contributed by atoms with Crippen LogP contribution in [0.2, 0.25) is 0 Å². The number of anilines is 1. The molecule has 1 saturated carbocycles. The first kappa shape index (κ1) is 15.6. The average Bonchev–Trinajstić information content (AvgIpc) is 2.41. The normalized spacial score (nSPS) is 14.5. The van der Waals surface area contributed by atoms with Gasteiger partial charge >= 0.3 is 0 Å². The van der Waals surface area contributed by atoms with Crippen LogP contribution in [0.15, 0.2) is 24.3 Å². The number of hydrogen-bond donors (Lipinski definition) is 2. The van der Waals surface area contributed by atoms with E-state index < -0.39 is 0 Å². The number of carbonyl (C=O) groups excluding carboxylic acids is 1. The van der Waals surface area contributed by atoms with Gasteiger partial charge in [0.15, 0.2) is 0 Å². The third-order valence-corrected chi connectivity index (χ3v) is 3.84. The van der Waals surface area contributed by atoms with Gasteiger partial charge in [-0.05, 0) is 37.8 Å². The second-order valence-corrected chi connectivity index (χ2v) is 5.42. The average molecular weight is 292 g/mol. The third kappa shape index (κ3) is 4.63. The van der Waals surface area contributed by atoms with Crippen LogP contribution in [0.1, 0.15) is 32.1 Å². The molecule has 0 saturated heterocycles. The lowest BCUT2D eigenvalue weighted by atomic mass is 9.91. The third-order valence-electron chi connectivity index (χ3n) is 3.84. The Morgan fingerprint density at radius 1 is 1.43 bits per heavy atom. The van der Waals surface area contributed by atoms with Gasteiger partial charge in [-0.15, -0.1) is 0 Å². The molecule has 0 atom stereocenters. The number of rotatable bonds is 8. The molecular formula is C16H24N2O3. The van der Waals surface area contributed by atoms with Crippen LogP contribution in [0.25, 0.3) is 0 Å². The topological polar surface area (TPSA) is 75.8 Å². The number of amides is 1. The van der Waals surface area contributed by atoms with Crippen LogP contribution in [-0.4, -0.2) is 41.7 Å². The fourth-order valence-corrected chi connectivity index (χ4v) is 2.45. The minimum atomic E-state index is 0.108. The van der Waals surface area contributed by atoms with Crippen LogP contribution < -0.4 is 10.5 Å². The maximum Gasteiger partial charge on any atom is 0.226 e. The van der Waals surface area contributed by atoms with E-state index >= 15 is 0 Å². The molecule has 0 heterocycles. The van der Waals surface area contributed by atoms with Crippen molar-refractivity contribution in [2.45, 2.75) is 38.1 Å². The van der Waals surface area contributed by atoms with Gasteiger partial charge in [0.1, 0.15) is 5.75 Å². The number of carbonyl (C=O) groups is 1. The van der Waals surface area contributed by atoms with Crippen LogP contribution in [0.4, 0.5) is 5.69 Å². The standard InChI is InChI=1S/C16H24N2O3/c17-13-4-1-7-15(12-13)21-11-8-16(20)18(9-3-10-19)14-5-2-6-14/h1,4,7,12,14,19H,2-3,5-6,8-11,17H2. The first-order valence-corrected chi connectivity index (χ1v) is 7.59. The number of nitrogen functional groups attached to an aromatic ring is 1. The molecule has 2 rings (SSSR count). The van der Waals surface area contributed by atoms with Crippen molar-refractivity contribution in [1.82, 2.24) is 4.90 Å². The summed E-state index contributed by atoms with van der Waals surface area (Å²) >= 11 is 0. The van der Waals surface area contributed by atoms with Gasteiger partial charge in [-0.3, -0.25) is 4.79 Å². The molecule has 1 aromatic rings. The quantitative estimate of drug-likeness (QED) is 0.716. The summed E-state index contributed by atoms with van der Waals surface area (Å²) in [6.07, 6.45) is 4.34. The number of hydrogen-bond acceptors (Lipinski definition) is 4. The monoisotopic (exact) mass is 292 g/mol. The first-order chi connectivity index (χ1) is 10.2. The van der Waals surface area contributed by atoms with E-state index in [2.05, 4.69) is 0 Å². The van der Waals surface area contributed by atoms with Crippen molar-refractivity contribution in [1.29, 1.82) is 0 Å². The molecule has 0 aromatic heterocycles. The summed E-state index contributed by atoms with van der Waals surface area (Å²) in [6.45, 7) is 1.11. The number of ether oxygens (including phenoxy) is 1. The Labute approximate surface area is 125 Å². The van der Waals surface area contributed by atoms with Crippen molar-refractivity contribution in [3.8, 4) is 5.75 Å². The van der Waals surface area contributed by atoms with E-state index in [9.17, 15) is 4.79 Å². The van der Waals surface area contributed by atoms with E-state index in [1.807, 2.05) is 17.0 Å². The molecule has 0 radical (unpaired) electrons. The van der Waals surface area contributed by atoms with E-state index in [4.69, 9.17) is 15.6 Å². The number of aliphatic hydroxyl groups is 1. The Morgan fingerprint density at radius 3 is 2.86 bits per heavy atom. The Bertz CT molecular complexity index is 461. The lowest BCUT2D eigenvalue weighted by molar-refractivity contribution is -0.136. The molecule has 5 heteroatoms. The number of nitrogens with two attached hydrogens (primary N) is 1. The molecule has 1 aliphatic carbocycles. The summed E-state index contributed by atoms with van der Waals surface area (Å²) in [4.78, 5) is 14.2. The van der Waals surface area contributed by atoms with Crippen molar-refractivity contribution < 1.29 is 14.6 Å². The van der Waals surface area contributed by atoms with Crippen molar-refractivity contribution in [3.63, 3.8) is 0 Å². The molecule has 5 nitrogen and oxygen atoms in total. The van der Waals surface area contributed by atoms with Gasteiger partial charge in [-0.25, -0.2) is 0 Å². The van der Waals surface area contributed by atoms with Gasteiger partial charge in [-0.1, -0.05) is 6.07 Å². The number of benzene rings is 1. The summed E-state index contributed by atoms with van der Waals surface area (Å²) in [5.74, 6) is 0.797. The molecule has 1 fully saturated rings. The lowest BCUT2D eigenvalue weighted by Crippen LogP contribution is -2.45. The first-order valence-electron chi connectivity index (χ1n) is 7.59. The fourth-order valence-electron chi connectivity index (χ4n) is 2.45. The Kier molecular flexibility index (Phi) is 5.87. The van der Waals surface area contributed by atoms with E-state index in [1.165, 1.54) is 6.42 Å². The Hall–Kier alpha value is -1.75. The van der Waals surface area contributed by atoms with E-state index in [-0.39, 0.29) is 12.5 Å². The predicted molar refractivity (Wildman–Crippen MR) is 82.0 cm³/mol. The highest BCUT2D eigenvalue weighted by atomic mass is 16.5. The van der Waals surface area contributed by atoms with Gasteiger partial charge < -0.3 is 20.5 Å². The van der Waals surface area contributed by atoms with Crippen molar-refractivity contribution in [2.75, 3.05) is 25.5 Å². The molecule has 1 aromatic carbocycles. The van der Waals surface area contributed by atoms with Crippen LogP contribution in [0.5, 0.6) is 5.75 Å². The highest BCUT2D eigenvalue weighted by molar-refractivity contribution is 5.76. The maximum absolute atomic E-state index is 12.3. The summed E-state index contributed by atoms with van der Waals surface area (Å²) < 4.78 is 5.57. The molecule has 3 N–H and O–H groups in total. The number of aliphatic hydroxyl groups excluding tert-OH is 1. The lowest BCUT2D eigenvalue weighted by Gasteiger charge is -2.37. The van der Waals surface area contributed by atoms with E-state index in [0.717, 1.165) is 12.8 Å².